The van der Waals surface area contributed by atoms with Crippen LogP contribution in [-0.2, 0) is 4.65 Å². The van der Waals surface area contributed by atoms with Crippen LogP contribution in [0, 0.1) is 0 Å². The fourth-order valence-corrected chi connectivity index (χ4v) is 1.98. The Bertz CT molecular complexity index is 401. The van der Waals surface area contributed by atoms with Gasteiger partial charge in [-0.25, -0.2) is 0 Å². The Labute approximate surface area is 114 Å². The zero-order valence-electron chi connectivity index (χ0n) is 11.6. The van der Waals surface area contributed by atoms with Gasteiger partial charge in [0.05, 0.1) is 11.2 Å². The van der Waals surface area contributed by atoms with E-state index in [1.807, 2.05) is 30.5 Å². The van der Waals surface area contributed by atoms with E-state index >= 15 is 0 Å². The molecule has 5 heteroatoms. The predicted octanol–water partition coefficient (Wildman–Crippen LogP) is 1.66. The minimum atomic E-state index is -1.05. The predicted molar refractivity (Wildman–Crippen MR) is 77.3 cm³/mol. The van der Waals surface area contributed by atoms with Crippen molar-refractivity contribution in [1.82, 2.24) is 0 Å². The minimum Gasteiger partial charge on any atom is -0.423 e. The Kier molecular flexibility index (Phi) is 4.89. The van der Waals surface area contributed by atoms with Crippen LogP contribution in [0.15, 0.2) is 29.2 Å². The van der Waals surface area contributed by atoms with Crippen LogP contribution in [0.5, 0.6) is 0 Å². The number of hydrogen-bond acceptors (Lipinski definition) is 4. The van der Waals surface area contributed by atoms with Gasteiger partial charge in [-0.15, -0.1) is 11.8 Å². The molecule has 0 aliphatic rings. The van der Waals surface area contributed by atoms with Crippen molar-refractivity contribution < 1.29 is 14.8 Å². The first-order valence-electron chi connectivity index (χ1n) is 5.90. The molecule has 1 aromatic rings. The summed E-state index contributed by atoms with van der Waals surface area (Å²) in [6.45, 7) is 6.86. The first-order chi connectivity index (χ1) is 8.19. The summed E-state index contributed by atoms with van der Waals surface area (Å²) in [5.41, 5.74) is -1.16. The fraction of sp³-hybridized carbons (Fsp3) is 0.538. The molecule has 0 spiro atoms. The summed E-state index contributed by atoms with van der Waals surface area (Å²) in [5.74, 6) is 0. The van der Waals surface area contributed by atoms with Crippen molar-refractivity contribution in [3.8, 4) is 0 Å². The SMILES string of the molecule is CSc1ccccc1B(O)OC(C)(C)C(C)(C)O. The summed E-state index contributed by atoms with van der Waals surface area (Å²) >= 11 is 1.55. The number of benzene rings is 1. The van der Waals surface area contributed by atoms with Gasteiger partial charge in [0.1, 0.15) is 0 Å². The van der Waals surface area contributed by atoms with Crippen LogP contribution in [0.3, 0.4) is 0 Å². The molecule has 0 heterocycles. The molecule has 100 valence electrons. The lowest BCUT2D eigenvalue weighted by molar-refractivity contribution is -0.0983. The molecule has 1 aromatic carbocycles. The molecule has 0 bridgehead atoms. The van der Waals surface area contributed by atoms with Gasteiger partial charge < -0.3 is 14.8 Å². The number of hydrogen-bond donors (Lipinski definition) is 2. The van der Waals surface area contributed by atoms with Gasteiger partial charge >= 0.3 is 7.12 Å². The Balaban J connectivity index is 2.92. The summed E-state index contributed by atoms with van der Waals surface area (Å²) < 4.78 is 5.62. The van der Waals surface area contributed by atoms with Crippen LogP contribution in [0.1, 0.15) is 27.7 Å². The van der Waals surface area contributed by atoms with E-state index in [4.69, 9.17) is 4.65 Å². The summed E-state index contributed by atoms with van der Waals surface area (Å²) in [7, 11) is -1.05. The molecule has 0 amide bonds. The van der Waals surface area contributed by atoms with Crippen molar-refractivity contribution in [3.63, 3.8) is 0 Å². The average molecular weight is 268 g/mol. The molecule has 0 unspecified atom stereocenters. The molecule has 2 N–H and O–H groups in total. The van der Waals surface area contributed by atoms with Gasteiger partial charge in [0.15, 0.2) is 0 Å². The highest BCUT2D eigenvalue weighted by Crippen LogP contribution is 2.25. The molecule has 0 aromatic heterocycles. The normalized spacial score (nSPS) is 12.6. The van der Waals surface area contributed by atoms with Gasteiger partial charge in [-0.1, -0.05) is 18.2 Å². The van der Waals surface area contributed by atoms with Gasteiger partial charge in [-0.05, 0) is 45.5 Å². The summed E-state index contributed by atoms with van der Waals surface area (Å²) in [5, 5.41) is 20.2. The number of rotatable bonds is 5. The highest BCUT2D eigenvalue weighted by atomic mass is 32.2. The van der Waals surface area contributed by atoms with Crippen molar-refractivity contribution >= 4 is 24.3 Å². The maximum atomic E-state index is 10.2. The van der Waals surface area contributed by atoms with Crippen LogP contribution in [0.2, 0.25) is 0 Å². The van der Waals surface area contributed by atoms with Gasteiger partial charge in [-0.2, -0.15) is 0 Å². The van der Waals surface area contributed by atoms with Crippen molar-refractivity contribution in [2.24, 2.45) is 0 Å². The first kappa shape index (κ1) is 15.6. The molecule has 0 atom stereocenters. The van der Waals surface area contributed by atoms with Crippen LogP contribution in [-0.4, -0.2) is 34.7 Å². The lowest BCUT2D eigenvalue weighted by Crippen LogP contribution is -2.53. The van der Waals surface area contributed by atoms with Crippen molar-refractivity contribution in [2.45, 2.75) is 43.8 Å². The van der Waals surface area contributed by atoms with Crippen LogP contribution in [0.25, 0.3) is 0 Å². The second-order valence-corrected chi connectivity index (χ2v) is 6.13. The quantitative estimate of drug-likeness (QED) is 0.630. The fourth-order valence-electron chi connectivity index (χ4n) is 1.36. The second kappa shape index (κ2) is 5.65. The van der Waals surface area contributed by atoms with E-state index in [1.54, 1.807) is 39.5 Å². The van der Waals surface area contributed by atoms with E-state index in [2.05, 4.69) is 0 Å². The van der Waals surface area contributed by atoms with E-state index in [9.17, 15) is 10.1 Å². The standard InChI is InChI=1S/C13H21BO3S/c1-12(2,15)13(3,4)17-14(16)10-8-6-7-9-11(10)18-5/h6-9,15-16H,1-5H3. The maximum absolute atomic E-state index is 10.2. The molecule has 0 saturated heterocycles. The molecule has 0 radical (unpaired) electrons. The maximum Gasteiger partial charge on any atom is 0.492 e. The summed E-state index contributed by atoms with van der Waals surface area (Å²) in [6.07, 6.45) is 1.95. The second-order valence-electron chi connectivity index (χ2n) is 5.28. The monoisotopic (exact) mass is 268 g/mol. The van der Waals surface area contributed by atoms with E-state index in [0.29, 0.717) is 0 Å². The van der Waals surface area contributed by atoms with E-state index in [-0.39, 0.29) is 0 Å². The molecular weight excluding hydrogens is 247 g/mol. The van der Waals surface area contributed by atoms with Crippen molar-refractivity contribution in [1.29, 1.82) is 0 Å². The zero-order valence-corrected chi connectivity index (χ0v) is 12.4. The van der Waals surface area contributed by atoms with E-state index in [0.717, 1.165) is 10.4 Å². The van der Waals surface area contributed by atoms with Gasteiger partial charge in [-0.3, -0.25) is 0 Å². The molecule has 3 nitrogen and oxygen atoms in total. The highest BCUT2D eigenvalue weighted by Gasteiger charge is 2.39. The average Bonchev–Trinajstić information content (AvgIpc) is 2.26. The van der Waals surface area contributed by atoms with Gasteiger partial charge in [0, 0.05) is 4.90 Å². The third kappa shape index (κ3) is 3.51. The topological polar surface area (TPSA) is 49.7 Å². The van der Waals surface area contributed by atoms with Gasteiger partial charge in [0.2, 0.25) is 0 Å². The Hall–Kier alpha value is -0.485. The molecule has 18 heavy (non-hydrogen) atoms. The van der Waals surface area contributed by atoms with E-state index in [1.165, 1.54) is 0 Å². The first-order valence-corrected chi connectivity index (χ1v) is 7.12. The lowest BCUT2D eigenvalue weighted by Gasteiger charge is -2.38. The lowest BCUT2D eigenvalue weighted by atomic mass is 9.76. The van der Waals surface area contributed by atoms with Crippen molar-refractivity contribution in [3.05, 3.63) is 24.3 Å². The molecule has 0 fully saturated rings. The molecule has 0 aliphatic heterocycles. The van der Waals surface area contributed by atoms with Crippen LogP contribution in [0.4, 0.5) is 0 Å². The molecular formula is C13H21BO3S. The van der Waals surface area contributed by atoms with Crippen LogP contribution >= 0.6 is 11.8 Å². The van der Waals surface area contributed by atoms with E-state index < -0.39 is 18.3 Å². The minimum absolute atomic E-state index is 0.724. The largest absolute Gasteiger partial charge is 0.492 e. The van der Waals surface area contributed by atoms with Gasteiger partial charge in [0.25, 0.3) is 0 Å². The number of thioether (sulfide) groups is 1. The van der Waals surface area contributed by atoms with Crippen molar-refractivity contribution in [2.75, 3.05) is 6.26 Å². The Morgan fingerprint density at radius 2 is 1.72 bits per heavy atom. The number of aliphatic hydroxyl groups is 1. The Morgan fingerprint density at radius 3 is 2.22 bits per heavy atom. The Morgan fingerprint density at radius 1 is 1.17 bits per heavy atom. The summed E-state index contributed by atoms with van der Waals surface area (Å²) in [6, 6.07) is 7.54. The molecule has 0 saturated carbocycles. The van der Waals surface area contributed by atoms with Crippen LogP contribution < -0.4 is 5.46 Å². The third-order valence-electron chi connectivity index (χ3n) is 3.28. The summed E-state index contributed by atoms with van der Waals surface area (Å²) in [4.78, 5) is 0.969. The highest BCUT2D eigenvalue weighted by molar-refractivity contribution is 7.98. The zero-order chi connectivity index (χ0) is 14.0. The molecule has 0 aliphatic carbocycles. The smallest absolute Gasteiger partial charge is 0.423 e. The third-order valence-corrected chi connectivity index (χ3v) is 4.10. The molecule has 1 rings (SSSR count).